The zero-order valence-electron chi connectivity index (χ0n) is 12.4. The molecule has 0 spiro atoms. The highest BCUT2D eigenvalue weighted by molar-refractivity contribution is 7.99. The van der Waals surface area contributed by atoms with Gasteiger partial charge in [-0.25, -0.2) is 0 Å². The van der Waals surface area contributed by atoms with E-state index in [4.69, 9.17) is 9.47 Å². The van der Waals surface area contributed by atoms with Gasteiger partial charge in [0.05, 0.1) is 19.8 Å². The minimum atomic E-state index is 0.354. The second-order valence-electron chi connectivity index (χ2n) is 5.04. The topological polar surface area (TPSA) is 30.5 Å². The number of nitrogens with one attached hydrogen (secondary N) is 1. The van der Waals surface area contributed by atoms with E-state index in [-0.39, 0.29) is 0 Å². The second kappa shape index (κ2) is 8.55. The molecular weight excluding hydrogens is 270 g/mol. The molecule has 0 aliphatic carbocycles. The number of thioether (sulfide) groups is 1. The number of hydrogen-bond acceptors (Lipinski definition) is 4. The smallest absolute Gasteiger partial charge is 0.118 e. The molecule has 1 aromatic rings. The first-order chi connectivity index (χ1) is 9.83. The van der Waals surface area contributed by atoms with Crippen molar-refractivity contribution in [2.24, 2.45) is 0 Å². The molecule has 1 saturated heterocycles. The molecule has 1 aromatic carbocycles. The number of likely N-dealkylation sites (N-methyl/N-ethyl adjacent to an activating group) is 1. The first kappa shape index (κ1) is 15.7. The third-order valence-electron chi connectivity index (χ3n) is 3.66. The Balaban J connectivity index is 1.86. The molecule has 1 aliphatic heterocycles. The average Bonchev–Trinajstić information content (AvgIpc) is 2.53. The molecule has 0 bridgehead atoms. The van der Waals surface area contributed by atoms with Crippen LogP contribution < -0.4 is 10.1 Å². The van der Waals surface area contributed by atoms with Gasteiger partial charge in [-0.05, 0) is 37.1 Å². The fraction of sp³-hybridized carbons (Fsp3) is 0.625. The third-order valence-corrected chi connectivity index (χ3v) is 4.68. The largest absolute Gasteiger partial charge is 0.497 e. The van der Waals surface area contributed by atoms with Gasteiger partial charge < -0.3 is 14.8 Å². The van der Waals surface area contributed by atoms with Gasteiger partial charge in [0, 0.05) is 17.5 Å². The van der Waals surface area contributed by atoms with Gasteiger partial charge in [0.15, 0.2) is 0 Å². The molecule has 1 N–H and O–H groups in total. The zero-order chi connectivity index (χ0) is 14.2. The van der Waals surface area contributed by atoms with E-state index in [0.29, 0.717) is 12.1 Å². The highest BCUT2D eigenvalue weighted by Gasteiger charge is 2.23. The molecule has 112 valence electrons. The van der Waals surface area contributed by atoms with Crippen LogP contribution in [0.4, 0.5) is 0 Å². The molecule has 3 nitrogen and oxygen atoms in total. The van der Waals surface area contributed by atoms with E-state index in [1.807, 2.05) is 23.9 Å². The normalized spacial score (nSPS) is 20.6. The summed E-state index contributed by atoms with van der Waals surface area (Å²) in [6, 6.07) is 8.82. The standard InChI is InChI=1S/C16H25NO2S/c1-3-17-15(16-12-20-11-10-19-16)9-6-13-4-7-14(18-2)8-5-13/h4-5,7-8,15-17H,3,6,9-12H2,1-2H3. The van der Waals surface area contributed by atoms with Gasteiger partial charge in [0.25, 0.3) is 0 Å². The van der Waals surface area contributed by atoms with Crippen molar-refractivity contribution in [2.45, 2.75) is 31.9 Å². The summed E-state index contributed by atoms with van der Waals surface area (Å²) < 4.78 is 11.1. The summed E-state index contributed by atoms with van der Waals surface area (Å²) in [5.74, 6) is 3.16. The number of hydrogen-bond donors (Lipinski definition) is 1. The van der Waals surface area contributed by atoms with E-state index < -0.39 is 0 Å². The van der Waals surface area contributed by atoms with E-state index >= 15 is 0 Å². The van der Waals surface area contributed by atoms with E-state index in [1.165, 1.54) is 5.56 Å². The molecule has 1 fully saturated rings. The van der Waals surface area contributed by atoms with Crippen molar-refractivity contribution < 1.29 is 9.47 Å². The Morgan fingerprint density at radius 2 is 2.20 bits per heavy atom. The number of aryl methyl sites for hydroxylation is 1. The minimum Gasteiger partial charge on any atom is -0.497 e. The fourth-order valence-electron chi connectivity index (χ4n) is 2.53. The summed E-state index contributed by atoms with van der Waals surface area (Å²) in [4.78, 5) is 0. The van der Waals surface area contributed by atoms with Gasteiger partial charge >= 0.3 is 0 Å². The van der Waals surface area contributed by atoms with Crippen LogP contribution in [-0.4, -0.2) is 43.9 Å². The van der Waals surface area contributed by atoms with E-state index in [2.05, 4.69) is 24.4 Å². The molecule has 0 aromatic heterocycles. The van der Waals surface area contributed by atoms with Crippen LogP contribution in [0.2, 0.25) is 0 Å². The molecule has 4 heteroatoms. The fourth-order valence-corrected chi connectivity index (χ4v) is 3.48. The van der Waals surface area contributed by atoms with Crippen LogP contribution in [0.3, 0.4) is 0 Å². The lowest BCUT2D eigenvalue weighted by molar-refractivity contribution is 0.0453. The zero-order valence-corrected chi connectivity index (χ0v) is 13.2. The third kappa shape index (κ3) is 4.69. The van der Waals surface area contributed by atoms with Gasteiger partial charge in [0.2, 0.25) is 0 Å². The Bertz CT molecular complexity index is 377. The van der Waals surface area contributed by atoms with Crippen LogP contribution in [0.5, 0.6) is 5.75 Å². The molecule has 0 saturated carbocycles. The summed E-state index contributed by atoms with van der Waals surface area (Å²) in [5, 5.41) is 3.58. The lowest BCUT2D eigenvalue weighted by atomic mass is 10.0. The lowest BCUT2D eigenvalue weighted by Crippen LogP contribution is -2.45. The van der Waals surface area contributed by atoms with E-state index in [9.17, 15) is 0 Å². The van der Waals surface area contributed by atoms with Gasteiger partial charge in [0.1, 0.15) is 5.75 Å². The van der Waals surface area contributed by atoms with Crippen LogP contribution in [0.1, 0.15) is 18.9 Å². The summed E-state index contributed by atoms with van der Waals surface area (Å²) in [6.07, 6.45) is 2.55. The Morgan fingerprint density at radius 3 is 2.80 bits per heavy atom. The van der Waals surface area contributed by atoms with Crippen molar-refractivity contribution in [3.8, 4) is 5.75 Å². The van der Waals surface area contributed by atoms with E-state index in [1.54, 1.807) is 7.11 Å². The Kier molecular flexibility index (Phi) is 6.70. The van der Waals surface area contributed by atoms with Gasteiger partial charge in [-0.1, -0.05) is 19.1 Å². The number of benzene rings is 1. The first-order valence-electron chi connectivity index (χ1n) is 7.39. The maximum atomic E-state index is 5.91. The minimum absolute atomic E-state index is 0.354. The van der Waals surface area contributed by atoms with Gasteiger partial charge in [-0.2, -0.15) is 11.8 Å². The van der Waals surface area contributed by atoms with Crippen molar-refractivity contribution in [3.63, 3.8) is 0 Å². The van der Waals surface area contributed by atoms with E-state index in [0.717, 1.165) is 43.2 Å². The average molecular weight is 295 g/mol. The van der Waals surface area contributed by atoms with Crippen LogP contribution in [0.15, 0.2) is 24.3 Å². The van der Waals surface area contributed by atoms with Crippen molar-refractivity contribution in [2.75, 3.05) is 31.8 Å². The predicted octanol–water partition coefficient (Wildman–Crippen LogP) is 2.74. The summed E-state index contributed by atoms with van der Waals surface area (Å²) >= 11 is 2.00. The maximum Gasteiger partial charge on any atom is 0.118 e. The van der Waals surface area contributed by atoms with Crippen molar-refractivity contribution >= 4 is 11.8 Å². The number of rotatable bonds is 7. The first-order valence-corrected chi connectivity index (χ1v) is 8.54. The summed E-state index contributed by atoms with van der Waals surface area (Å²) in [6.45, 7) is 4.05. The molecule has 2 unspecified atom stereocenters. The highest BCUT2D eigenvalue weighted by atomic mass is 32.2. The quantitative estimate of drug-likeness (QED) is 0.838. The van der Waals surface area contributed by atoms with Gasteiger partial charge in [-0.15, -0.1) is 0 Å². The number of methoxy groups -OCH3 is 1. The molecule has 0 radical (unpaired) electrons. The Hall–Kier alpha value is -0.710. The Morgan fingerprint density at radius 1 is 1.40 bits per heavy atom. The second-order valence-corrected chi connectivity index (χ2v) is 6.18. The van der Waals surface area contributed by atoms with Crippen molar-refractivity contribution in [1.82, 2.24) is 5.32 Å². The van der Waals surface area contributed by atoms with Gasteiger partial charge in [-0.3, -0.25) is 0 Å². The molecule has 1 aliphatic rings. The van der Waals surface area contributed by atoms with Crippen LogP contribution in [0, 0.1) is 0 Å². The molecule has 2 atom stereocenters. The van der Waals surface area contributed by atoms with Crippen LogP contribution in [0.25, 0.3) is 0 Å². The molecule has 20 heavy (non-hydrogen) atoms. The number of ether oxygens (including phenoxy) is 2. The summed E-state index contributed by atoms with van der Waals surface area (Å²) in [5.41, 5.74) is 1.36. The lowest BCUT2D eigenvalue weighted by Gasteiger charge is -2.30. The molecule has 0 amide bonds. The molecule has 1 heterocycles. The monoisotopic (exact) mass is 295 g/mol. The maximum absolute atomic E-state index is 5.91. The van der Waals surface area contributed by atoms with Crippen LogP contribution >= 0.6 is 11.8 Å². The molecule has 2 rings (SSSR count). The van der Waals surface area contributed by atoms with Crippen molar-refractivity contribution in [3.05, 3.63) is 29.8 Å². The van der Waals surface area contributed by atoms with Crippen LogP contribution in [-0.2, 0) is 11.2 Å². The van der Waals surface area contributed by atoms with Crippen molar-refractivity contribution in [1.29, 1.82) is 0 Å². The molecular formula is C16H25NO2S. The highest BCUT2D eigenvalue weighted by Crippen LogP contribution is 2.19. The Labute approximate surface area is 126 Å². The summed E-state index contributed by atoms with van der Waals surface area (Å²) in [7, 11) is 1.70. The predicted molar refractivity (Wildman–Crippen MR) is 85.8 cm³/mol. The SMILES string of the molecule is CCNC(CCc1ccc(OC)cc1)C1CSCCO1.